The van der Waals surface area contributed by atoms with Crippen LogP contribution in [0.4, 0.5) is 5.69 Å². The van der Waals surface area contributed by atoms with Crippen molar-refractivity contribution in [3.63, 3.8) is 0 Å². The lowest BCUT2D eigenvalue weighted by Crippen LogP contribution is -2.15. The standard InChI is InChI=1S/C24H24N6O2S/c1-15-5-9-19(10-6-15)30-21(14-33-24-25-16(2)13-17(3)26-24)22(28-29-30)23(31)27-18-7-11-20(32-4)12-8-18/h5-13H,14H2,1-4H3,(H,27,31). The maximum atomic E-state index is 13.1. The van der Waals surface area contributed by atoms with Gasteiger partial charge in [0, 0.05) is 22.8 Å². The van der Waals surface area contributed by atoms with E-state index in [1.807, 2.05) is 51.1 Å². The molecule has 0 aliphatic carbocycles. The van der Waals surface area contributed by atoms with E-state index in [4.69, 9.17) is 4.74 Å². The number of ether oxygens (including phenoxy) is 1. The Hall–Kier alpha value is -3.72. The van der Waals surface area contributed by atoms with Gasteiger partial charge in [0.25, 0.3) is 5.91 Å². The van der Waals surface area contributed by atoms with Gasteiger partial charge in [-0.3, -0.25) is 4.79 Å². The van der Waals surface area contributed by atoms with Gasteiger partial charge in [0.2, 0.25) is 0 Å². The molecule has 0 radical (unpaired) electrons. The molecule has 0 aliphatic rings. The zero-order valence-corrected chi connectivity index (χ0v) is 19.7. The molecule has 0 bridgehead atoms. The van der Waals surface area contributed by atoms with E-state index in [1.165, 1.54) is 11.8 Å². The summed E-state index contributed by atoms with van der Waals surface area (Å²) >= 11 is 1.44. The summed E-state index contributed by atoms with van der Waals surface area (Å²) in [5.41, 5.74) is 5.31. The summed E-state index contributed by atoms with van der Waals surface area (Å²) in [6.07, 6.45) is 0. The van der Waals surface area contributed by atoms with Gasteiger partial charge in [-0.2, -0.15) is 0 Å². The van der Waals surface area contributed by atoms with Gasteiger partial charge in [-0.1, -0.05) is 34.7 Å². The van der Waals surface area contributed by atoms with E-state index in [-0.39, 0.29) is 11.6 Å². The van der Waals surface area contributed by atoms with Crippen molar-refractivity contribution < 1.29 is 9.53 Å². The molecular weight excluding hydrogens is 436 g/mol. The first-order valence-electron chi connectivity index (χ1n) is 10.3. The van der Waals surface area contributed by atoms with Crippen LogP contribution >= 0.6 is 11.8 Å². The Balaban J connectivity index is 1.65. The second-order valence-corrected chi connectivity index (χ2v) is 8.48. The minimum absolute atomic E-state index is 0.253. The van der Waals surface area contributed by atoms with Crippen molar-refractivity contribution in [3.05, 3.63) is 82.9 Å². The molecular formula is C24H24N6O2S. The quantitative estimate of drug-likeness (QED) is 0.320. The molecule has 1 amide bonds. The predicted molar refractivity (Wildman–Crippen MR) is 128 cm³/mol. The highest BCUT2D eigenvalue weighted by molar-refractivity contribution is 7.98. The molecule has 0 unspecified atom stereocenters. The summed E-state index contributed by atoms with van der Waals surface area (Å²) in [5, 5.41) is 12.0. The zero-order chi connectivity index (χ0) is 23.4. The largest absolute Gasteiger partial charge is 0.497 e. The molecule has 9 heteroatoms. The molecule has 4 rings (SSSR count). The van der Waals surface area contributed by atoms with Crippen molar-refractivity contribution >= 4 is 23.4 Å². The fraction of sp³-hybridized carbons (Fsp3) is 0.208. The van der Waals surface area contributed by atoms with Crippen molar-refractivity contribution in [2.75, 3.05) is 12.4 Å². The fourth-order valence-electron chi connectivity index (χ4n) is 3.26. The van der Waals surface area contributed by atoms with Crippen LogP contribution < -0.4 is 10.1 Å². The molecule has 0 saturated carbocycles. The summed E-state index contributed by atoms with van der Waals surface area (Å²) in [6, 6.07) is 17.0. The summed E-state index contributed by atoms with van der Waals surface area (Å²) in [5.74, 6) is 0.800. The Labute approximate surface area is 196 Å². The molecule has 33 heavy (non-hydrogen) atoms. The normalized spacial score (nSPS) is 10.8. The van der Waals surface area contributed by atoms with E-state index in [9.17, 15) is 4.79 Å². The number of benzene rings is 2. The molecule has 2 aromatic heterocycles. The molecule has 0 fully saturated rings. The highest BCUT2D eigenvalue weighted by Gasteiger charge is 2.22. The maximum Gasteiger partial charge on any atom is 0.278 e. The first kappa shape index (κ1) is 22.5. The smallest absolute Gasteiger partial charge is 0.278 e. The number of aryl methyl sites for hydroxylation is 3. The van der Waals surface area contributed by atoms with Gasteiger partial charge in [0.15, 0.2) is 10.9 Å². The first-order valence-corrected chi connectivity index (χ1v) is 11.3. The number of hydrogen-bond donors (Lipinski definition) is 1. The Kier molecular flexibility index (Phi) is 6.69. The van der Waals surface area contributed by atoms with E-state index in [0.29, 0.717) is 28.0 Å². The molecule has 1 N–H and O–H groups in total. The van der Waals surface area contributed by atoms with Crippen LogP contribution in [-0.2, 0) is 5.75 Å². The first-order chi connectivity index (χ1) is 15.9. The molecule has 0 spiro atoms. The van der Waals surface area contributed by atoms with E-state index >= 15 is 0 Å². The van der Waals surface area contributed by atoms with Crippen molar-refractivity contribution in [2.24, 2.45) is 0 Å². The molecule has 8 nitrogen and oxygen atoms in total. The third kappa shape index (κ3) is 5.38. The molecule has 0 saturated heterocycles. The van der Waals surface area contributed by atoms with Crippen molar-refractivity contribution in [1.29, 1.82) is 0 Å². The Bertz CT molecular complexity index is 1250. The van der Waals surface area contributed by atoms with Crippen molar-refractivity contribution in [1.82, 2.24) is 25.0 Å². The minimum atomic E-state index is -0.338. The monoisotopic (exact) mass is 460 g/mol. The average Bonchev–Trinajstić information content (AvgIpc) is 3.22. The van der Waals surface area contributed by atoms with Crippen LogP contribution in [0.15, 0.2) is 59.8 Å². The van der Waals surface area contributed by atoms with Crippen LogP contribution in [0, 0.1) is 20.8 Å². The van der Waals surface area contributed by atoms with Gasteiger partial charge in [-0.25, -0.2) is 14.6 Å². The van der Waals surface area contributed by atoms with Crippen LogP contribution in [0.1, 0.15) is 33.1 Å². The van der Waals surface area contributed by atoms with Crippen LogP contribution in [0.5, 0.6) is 5.75 Å². The number of amides is 1. The zero-order valence-electron chi connectivity index (χ0n) is 18.9. The van der Waals surface area contributed by atoms with Crippen LogP contribution in [-0.4, -0.2) is 38.0 Å². The average molecular weight is 461 g/mol. The van der Waals surface area contributed by atoms with Crippen LogP contribution in [0.3, 0.4) is 0 Å². The third-order valence-corrected chi connectivity index (χ3v) is 5.76. The van der Waals surface area contributed by atoms with Gasteiger partial charge in [0.1, 0.15) is 5.75 Å². The second-order valence-electron chi connectivity index (χ2n) is 7.54. The lowest BCUT2D eigenvalue weighted by molar-refractivity contribution is 0.102. The van der Waals surface area contributed by atoms with E-state index in [2.05, 4.69) is 25.6 Å². The van der Waals surface area contributed by atoms with E-state index < -0.39 is 0 Å². The van der Waals surface area contributed by atoms with Gasteiger partial charge in [-0.05, 0) is 63.2 Å². The number of thioether (sulfide) groups is 1. The summed E-state index contributed by atoms with van der Waals surface area (Å²) < 4.78 is 6.87. The SMILES string of the molecule is COc1ccc(NC(=O)c2nnn(-c3ccc(C)cc3)c2CSc2nc(C)cc(C)n2)cc1. The van der Waals surface area contributed by atoms with Gasteiger partial charge in [-0.15, -0.1) is 5.10 Å². The number of hydrogen-bond acceptors (Lipinski definition) is 7. The maximum absolute atomic E-state index is 13.1. The predicted octanol–water partition coefficient (Wildman–Crippen LogP) is 4.54. The molecule has 168 valence electrons. The molecule has 0 aliphatic heterocycles. The molecule has 0 atom stereocenters. The topological polar surface area (TPSA) is 94.8 Å². The number of carbonyl (C=O) groups excluding carboxylic acids is 1. The lowest BCUT2D eigenvalue weighted by Gasteiger charge is -2.09. The minimum Gasteiger partial charge on any atom is -0.497 e. The fourth-order valence-corrected chi connectivity index (χ4v) is 4.20. The number of nitrogens with zero attached hydrogens (tertiary/aromatic N) is 5. The number of methoxy groups -OCH3 is 1. The van der Waals surface area contributed by atoms with Crippen LogP contribution in [0.25, 0.3) is 5.69 Å². The number of nitrogens with one attached hydrogen (secondary N) is 1. The molecule has 2 aromatic carbocycles. The van der Waals surface area contributed by atoms with E-state index in [0.717, 1.165) is 22.6 Å². The number of aromatic nitrogens is 5. The van der Waals surface area contributed by atoms with E-state index in [1.54, 1.807) is 36.1 Å². The second kappa shape index (κ2) is 9.83. The number of anilines is 1. The third-order valence-electron chi connectivity index (χ3n) is 4.90. The molecule has 4 aromatic rings. The summed E-state index contributed by atoms with van der Waals surface area (Å²) in [7, 11) is 1.60. The highest BCUT2D eigenvalue weighted by Crippen LogP contribution is 2.25. The Morgan fingerprint density at radius 1 is 1.00 bits per heavy atom. The van der Waals surface area contributed by atoms with Crippen molar-refractivity contribution in [3.8, 4) is 11.4 Å². The van der Waals surface area contributed by atoms with Crippen LogP contribution in [0.2, 0.25) is 0 Å². The van der Waals surface area contributed by atoms with Gasteiger partial charge in [0.05, 0.1) is 18.5 Å². The van der Waals surface area contributed by atoms with Crippen molar-refractivity contribution in [2.45, 2.75) is 31.7 Å². The molecule has 2 heterocycles. The Morgan fingerprint density at radius 2 is 1.67 bits per heavy atom. The number of rotatable bonds is 7. The Morgan fingerprint density at radius 3 is 2.30 bits per heavy atom. The highest BCUT2D eigenvalue weighted by atomic mass is 32.2. The lowest BCUT2D eigenvalue weighted by atomic mass is 10.2. The number of carbonyl (C=O) groups is 1. The summed E-state index contributed by atoms with van der Waals surface area (Å²) in [6.45, 7) is 5.89. The van der Waals surface area contributed by atoms with Gasteiger partial charge >= 0.3 is 0 Å². The van der Waals surface area contributed by atoms with Gasteiger partial charge < -0.3 is 10.1 Å². The summed E-state index contributed by atoms with van der Waals surface area (Å²) in [4.78, 5) is 22.1.